The van der Waals surface area contributed by atoms with Crippen LogP contribution in [0, 0.1) is 46.3 Å². The van der Waals surface area contributed by atoms with Crippen molar-refractivity contribution in [1.29, 1.82) is 0 Å². The second-order valence-corrected chi connectivity index (χ2v) is 13.5. The molecule has 31 heavy (non-hydrogen) atoms. The maximum Gasteiger partial charge on any atom is 0.250 e. The van der Waals surface area contributed by atoms with Crippen molar-refractivity contribution < 1.29 is 9.79 Å². The van der Waals surface area contributed by atoms with Crippen molar-refractivity contribution in [3.05, 3.63) is 11.6 Å². The van der Waals surface area contributed by atoms with Crippen molar-refractivity contribution in [2.24, 2.45) is 46.3 Å². The first-order chi connectivity index (χ1) is 14.6. The zero-order valence-electron chi connectivity index (χ0n) is 20.7. The Morgan fingerprint density at radius 2 is 1.81 bits per heavy atom. The van der Waals surface area contributed by atoms with E-state index < -0.39 is 8.53 Å². The van der Waals surface area contributed by atoms with E-state index in [1.165, 1.54) is 57.8 Å². The molecule has 4 aliphatic rings. The molecule has 4 unspecified atom stereocenters. The number of hydrogen-bond donors (Lipinski definition) is 3. The van der Waals surface area contributed by atoms with Gasteiger partial charge in [-0.25, -0.2) is 5.09 Å². The molecule has 4 heteroatoms. The van der Waals surface area contributed by atoms with E-state index in [2.05, 4.69) is 45.8 Å². The normalized spacial score (nSPS) is 43.4. The third-order valence-electron chi connectivity index (χ3n) is 10.6. The average molecular weight is 450 g/mol. The molecule has 3 N–H and O–H groups in total. The van der Waals surface area contributed by atoms with Crippen molar-refractivity contribution in [3.63, 3.8) is 0 Å². The SMILES string of the molecule is CC(C)CCC[C@@H](C)[C@H]1CCC2C3CC=C4CC(NP(O)O)CC[C@]4(C)C3CC[C@@]21C. The van der Waals surface area contributed by atoms with Crippen molar-refractivity contribution in [3.8, 4) is 0 Å². The molecule has 0 amide bonds. The summed E-state index contributed by atoms with van der Waals surface area (Å²) < 4.78 is 0. The lowest BCUT2D eigenvalue weighted by atomic mass is 9.47. The third-order valence-corrected chi connectivity index (χ3v) is 11.2. The van der Waals surface area contributed by atoms with Gasteiger partial charge in [0.2, 0.25) is 0 Å². The number of fused-ring (bicyclic) bond motifs is 5. The van der Waals surface area contributed by atoms with Crippen molar-refractivity contribution in [2.75, 3.05) is 0 Å². The minimum Gasteiger partial charge on any atom is -0.338 e. The molecule has 3 nitrogen and oxygen atoms in total. The smallest absolute Gasteiger partial charge is 0.250 e. The lowest BCUT2D eigenvalue weighted by Crippen LogP contribution is -2.51. The van der Waals surface area contributed by atoms with Crippen LogP contribution in [0.5, 0.6) is 0 Å². The van der Waals surface area contributed by atoms with E-state index in [4.69, 9.17) is 0 Å². The van der Waals surface area contributed by atoms with Crippen LogP contribution in [-0.2, 0) is 0 Å². The summed E-state index contributed by atoms with van der Waals surface area (Å²) in [5, 5.41) is 3.02. The van der Waals surface area contributed by atoms with Gasteiger partial charge in [0.1, 0.15) is 0 Å². The zero-order valence-corrected chi connectivity index (χ0v) is 21.6. The summed E-state index contributed by atoms with van der Waals surface area (Å²) in [6.45, 7) is 12.5. The van der Waals surface area contributed by atoms with Gasteiger partial charge in [0.25, 0.3) is 8.53 Å². The van der Waals surface area contributed by atoms with Gasteiger partial charge in [-0.3, -0.25) is 0 Å². The molecule has 4 rings (SSSR count). The third kappa shape index (κ3) is 4.55. The van der Waals surface area contributed by atoms with Crippen LogP contribution in [0.4, 0.5) is 0 Å². The molecule has 0 spiro atoms. The standard InChI is InChI=1S/C27H48NO2P/c1-18(2)7-6-8-19(3)23-11-12-24-22-10-9-20-17-21(28-31(29)30)13-15-26(20,4)25(22)14-16-27(23,24)5/h9,18-19,21-25,28-30H,6-8,10-17H2,1-5H3/t19-,21?,22?,23-,24?,25?,26+,27-/m1/s1. The Balaban J connectivity index is 1.46. The molecule has 0 saturated heterocycles. The van der Waals surface area contributed by atoms with E-state index in [1.807, 2.05) is 0 Å². The number of nitrogens with one attached hydrogen (secondary N) is 1. The van der Waals surface area contributed by atoms with Gasteiger partial charge in [0, 0.05) is 6.04 Å². The highest BCUT2D eigenvalue weighted by atomic mass is 31.2. The monoisotopic (exact) mass is 449 g/mol. The summed E-state index contributed by atoms with van der Waals surface area (Å²) in [6.07, 6.45) is 17.1. The Bertz CT molecular complexity index is 664. The summed E-state index contributed by atoms with van der Waals surface area (Å²) in [6, 6.07) is 0.244. The first kappa shape index (κ1) is 24.2. The highest BCUT2D eigenvalue weighted by molar-refractivity contribution is 7.42. The van der Waals surface area contributed by atoms with E-state index in [9.17, 15) is 9.79 Å². The summed E-state index contributed by atoms with van der Waals surface area (Å²) in [7, 11) is -1.99. The van der Waals surface area contributed by atoms with Gasteiger partial charge in [-0.15, -0.1) is 0 Å². The van der Waals surface area contributed by atoms with E-state index in [0.29, 0.717) is 10.8 Å². The number of rotatable bonds is 7. The first-order valence-corrected chi connectivity index (χ1v) is 14.5. The molecule has 3 fully saturated rings. The Morgan fingerprint density at radius 1 is 1.03 bits per heavy atom. The molecular formula is C27H48NO2P. The van der Waals surface area contributed by atoms with Crippen LogP contribution in [0.25, 0.3) is 0 Å². The van der Waals surface area contributed by atoms with Crippen molar-refractivity contribution >= 4 is 8.53 Å². The number of allylic oxidation sites excluding steroid dienone is 1. The maximum absolute atomic E-state index is 9.42. The van der Waals surface area contributed by atoms with Crippen LogP contribution >= 0.6 is 8.53 Å². The average Bonchev–Trinajstić information content (AvgIpc) is 3.05. The molecule has 178 valence electrons. The minimum atomic E-state index is -1.99. The van der Waals surface area contributed by atoms with Crippen LogP contribution < -0.4 is 5.09 Å². The zero-order chi connectivity index (χ0) is 22.4. The first-order valence-electron chi connectivity index (χ1n) is 13.3. The fourth-order valence-electron chi connectivity index (χ4n) is 8.96. The molecular weight excluding hydrogens is 401 g/mol. The lowest BCUT2D eigenvalue weighted by molar-refractivity contribution is -0.0511. The predicted molar refractivity (Wildman–Crippen MR) is 131 cm³/mol. The van der Waals surface area contributed by atoms with Crippen LogP contribution in [0.3, 0.4) is 0 Å². The van der Waals surface area contributed by atoms with E-state index in [0.717, 1.165) is 48.3 Å². The molecule has 0 heterocycles. The van der Waals surface area contributed by atoms with E-state index in [1.54, 1.807) is 5.57 Å². The Labute approximate surface area is 192 Å². The van der Waals surface area contributed by atoms with Gasteiger partial charge in [-0.2, -0.15) is 0 Å². The van der Waals surface area contributed by atoms with Crippen molar-refractivity contribution in [1.82, 2.24) is 5.09 Å². The minimum absolute atomic E-state index is 0.244. The summed E-state index contributed by atoms with van der Waals surface area (Å²) >= 11 is 0. The summed E-state index contributed by atoms with van der Waals surface area (Å²) in [5.41, 5.74) is 2.52. The molecule has 0 aliphatic heterocycles. The largest absolute Gasteiger partial charge is 0.338 e. The molecule has 4 aliphatic carbocycles. The van der Waals surface area contributed by atoms with Gasteiger partial charge in [-0.1, -0.05) is 65.5 Å². The molecule has 8 atom stereocenters. The highest BCUT2D eigenvalue weighted by Gasteiger charge is 2.59. The molecule has 0 bridgehead atoms. The van der Waals surface area contributed by atoms with Gasteiger partial charge in [0.15, 0.2) is 0 Å². The summed E-state index contributed by atoms with van der Waals surface area (Å²) in [5.74, 6) is 5.27. The van der Waals surface area contributed by atoms with Gasteiger partial charge in [-0.05, 0) is 97.7 Å². The highest BCUT2D eigenvalue weighted by Crippen LogP contribution is 2.67. The predicted octanol–water partition coefficient (Wildman–Crippen LogP) is 7.20. The Hall–Kier alpha value is 0.0500. The summed E-state index contributed by atoms with van der Waals surface area (Å²) in [4.78, 5) is 18.8. The number of hydrogen-bond acceptors (Lipinski definition) is 3. The Kier molecular flexibility index (Phi) is 7.30. The second kappa shape index (κ2) is 9.36. The van der Waals surface area contributed by atoms with Gasteiger partial charge < -0.3 is 9.79 Å². The molecule has 0 aromatic carbocycles. The van der Waals surface area contributed by atoms with Gasteiger partial charge >= 0.3 is 0 Å². The van der Waals surface area contributed by atoms with Crippen LogP contribution in [0.15, 0.2) is 11.6 Å². The van der Waals surface area contributed by atoms with Crippen molar-refractivity contribution in [2.45, 2.75) is 111 Å². The van der Waals surface area contributed by atoms with Gasteiger partial charge in [0.05, 0.1) is 0 Å². The molecule has 3 saturated carbocycles. The van der Waals surface area contributed by atoms with E-state index >= 15 is 0 Å². The quantitative estimate of drug-likeness (QED) is 0.285. The molecule has 0 radical (unpaired) electrons. The lowest BCUT2D eigenvalue weighted by Gasteiger charge is -2.58. The Morgan fingerprint density at radius 3 is 2.52 bits per heavy atom. The molecule has 0 aromatic heterocycles. The molecule has 0 aromatic rings. The second-order valence-electron chi connectivity index (χ2n) is 12.6. The maximum atomic E-state index is 9.42. The van der Waals surface area contributed by atoms with Crippen LogP contribution in [-0.4, -0.2) is 15.8 Å². The fourth-order valence-corrected chi connectivity index (χ4v) is 9.51. The van der Waals surface area contributed by atoms with Crippen LogP contribution in [0.1, 0.15) is 105 Å². The topological polar surface area (TPSA) is 52.5 Å². The van der Waals surface area contributed by atoms with E-state index in [-0.39, 0.29) is 6.04 Å². The fraction of sp³-hybridized carbons (Fsp3) is 0.926. The van der Waals surface area contributed by atoms with Crippen LogP contribution in [0.2, 0.25) is 0 Å².